The van der Waals surface area contributed by atoms with Gasteiger partial charge in [0.2, 0.25) is 5.91 Å². The fourth-order valence-electron chi connectivity index (χ4n) is 1.82. The number of nitrogens with one attached hydrogen (secondary N) is 1. The molecule has 1 amide bonds. The fourth-order valence-corrected chi connectivity index (χ4v) is 1.82. The first-order valence-electron chi connectivity index (χ1n) is 6.80. The first kappa shape index (κ1) is 16.3. The Bertz CT molecular complexity index is 433. The summed E-state index contributed by atoms with van der Waals surface area (Å²) in [6, 6.07) is 5.80. The SMILES string of the molecule is COc1ccc(CCC(=O)NCCC(C)N)cc1OC. The zero-order valence-electron chi connectivity index (χ0n) is 12.4. The number of ether oxygens (including phenoxy) is 2. The molecule has 5 nitrogen and oxygen atoms in total. The van der Waals surface area contributed by atoms with Gasteiger partial charge in [0.15, 0.2) is 11.5 Å². The highest BCUT2D eigenvalue weighted by Crippen LogP contribution is 2.27. The van der Waals surface area contributed by atoms with E-state index in [0.29, 0.717) is 30.9 Å². The molecule has 20 heavy (non-hydrogen) atoms. The topological polar surface area (TPSA) is 73.6 Å². The second-order valence-electron chi connectivity index (χ2n) is 4.81. The summed E-state index contributed by atoms with van der Waals surface area (Å²) in [6.45, 7) is 2.55. The van der Waals surface area contributed by atoms with Gasteiger partial charge in [0, 0.05) is 19.0 Å². The summed E-state index contributed by atoms with van der Waals surface area (Å²) in [6.07, 6.45) is 1.92. The van der Waals surface area contributed by atoms with Crippen LogP contribution in [-0.4, -0.2) is 32.7 Å². The van der Waals surface area contributed by atoms with Crippen LogP contribution in [0.4, 0.5) is 0 Å². The van der Waals surface area contributed by atoms with Crippen LogP contribution in [0.2, 0.25) is 0 Å². The van der Waals surface area contributed by atoms with Gasteiger partial charge in [0.1, 0.15) is 0 Å². The summed E-state index contributed by atoms with van der Waals surface area (Å²) in [4.78, 5) is 11.7. The van der Waals surface area contributed by atoms with E-state index in [4.69, 9.17) is 15.2 Å². The van der Waals surface area contributed by atoms with Gasteiger partial charge < -0.3 is 20.5 Å². The van der Waals surface area contributed by atoms with E-state index in [0.717, 1.165) is 12.0 Å². The van der Waals surface area contributed by atoms with E-state index in [1.807, 2.05) is 25.1 Å². The van der Waals surface area contributed by atoms with Crippen LogP contribution < -0.4 is 20.5 Å². The maximum atomic E-state index is 11.7. The normalized spacial score (nSPS) is 11.8. The highest BCUT2D eigenvalue weighted by atomic mass is 16.5. The Labute approximate surface area is 120 Å². The summed E-state index contributed by atoms with van der Waals surface area (Å²) in [5, 5.41) is 2.86. The quantitative estimate of drug-likeness (QED) is 0.756. The smallest absolute Gasteiger partial charge is 0.220 e. The van der Waals surface area contributed by atoms with Crippen molar-refractivity contribution in [2.75, 3.05) is 20.8 Å². The van der Waals surface area contributed by atoms with Crippen molar-refractivity contribution in [3.05, 3.63) is 23.8 Å². The molecule has 1 aromatic rings. The molecule has 3 N–H and O–H groups in total. The third-order valence-electron chi connectivity index (χ3n) is 3.01. The number of carbonyl (C=O) groups is 1. The number of methoxy groups -OCH3 is 2. The van der Waals surface area contributed by atoms with E-state index in [1.54, 1.807) is 14.2 Å². The van der Waals surface area contributed by atoms with Crippen LogP contribution in [0.5, 0.6) is 11.5 Å². The van der Waals surface area contributed by atoms with E-state index in [-0.39, 0.29) is 11.9 Å². The number of carbonyl (C=O) groups excluding carboxylic acids is 1. The predicted octanol–water partition coefficient (Wildman–Crippen LogP) is 1.49. The van der Waals surface area contributed by atoms with E-state index < -0.39 is 0 Å². The highest BCUT2D eigenvalue weighted by Gasteiger charge is 2.07. The predicted molar refractivity (Wildman–Crippen MR) is 79.1 cm³/mol. The van der Waals surface area contributed by atoms with Crippen molar-refractivity contribution < 1.29 is 14.3 Å². The van der Waals surface area contributed by atoms with Crippen molar-refractivity contribution in [2.45, 2.75) is 32.2 Å². The molecule has 0 aliphatic heterocycles. The van der Waals surface area contributed by atoms with Crippen molar-refractivity contribution in [1.29, 1.82) is 0 Å². The third-order valence-corrected chi connectivity index (χ3v) is 3.01. The van der Waals surface area contributed by atoms with Gasteiger partial charge in [-0.25, -0.2) is 0 Å². The molecule has 1 rings (SSSR count). The number of hydrogen-bond donors (Lipinski definition) is 2. The molecular formula is C15H24N2O3. The lowest BCUT2D eigenvalue weighted by atomic mass is 10.1. The Kier molecular flexibility index (Phi) is 6.87. The van der Waals surface area contributed by atoms with Gasteiger partial charge in [0.25, 0.3) is 0 Å². The Balaban J connectivity index is 2.43. The van der Waals surface area contributed by atoms with Gasteiger partial charge in [0.05, 0.1) is 14.2 Å². The Morgan fingerprint density at radius 1 is 1.30 bits per heavy atom. The van der Waals surface area contributed by atoms with Crippen molar-refractivity contribution in [2.24, 2.45) is 5.73 Å². The molecule has 0 aliphatic carbocycles. The molecular weight excluding hydrogens is 256 g/mol. The van der Waals surface area contributed by atoms with E-state index in [2.05, 4.69) is 5.32 Å². The first-order valence-corrected chi connectivity index (χ1v) is 6.80. The lowest BCUT2D eigenvalue weighted by molar-refractivity contribution is -0.121. The molecule has 1 aromatic carbocycles. The standard InChI is InChI=1S/C15H24N2O3/c1-11(16)8-9-17-15(18)7-5-12-4-6-13(19-2)14(10-12)20-3/h4,6,10-11H,5,7-9,16H2,1-3H3,(H,17,18). The van der Waals surface area contributed by atoms with Gasteiger partial charge in [-0.15, -0.1) is 0 Å². The Morgan fingerprint density at radius 3 is 2.60 bits per heavy atom. The third kappa shape index (κ3) is 5.48. The molecule has 0 fully saturated rings. The summed E-state index contributed by atoms with van der Waals surface area (Å²) < 4.78 is 10.4. The minimum atomic E-state index is 0.0421. The highest BCUT2D eigenvalue weighted by molar-refractivity contribution is 5.76. The van der Waals surface area contributed by atoms with Crippen molar-refractivity contribution in [3.8, 4) is 11.5 Å². The number of hydrogen-bond acceptors (Lipinski definition) is 4. The maximum absolute atomic E-state index is 11.7. The summed E-state index contributed by atoms with van der Waals surface area (Å²) >= 11 is 0. The van der Waals surface area contributed by atoms with Crippen molar-refractivity contribution in [3.63, 3.8) is 0 Å². The molecule has 0 bridgehead atoms. The average Bonchev–Trinajstić information content (AvgIpc) is 2.44. The molecule has 0 radical (unpaired) electrons. The van der Waals surface area contributed by atoms with E-state index in [1.165, 1.54) is 0 Å². The van der Waals surface area contributed by atoms with Crippen LogP contribution in [0.1, 0.15) is 25.3 Å². The van der Waals surface area contributed by atoms with Crippen LogP contribution in [0.25, 0.3) is 0 Å². The Morgan fingerprint density at radius 2 is 2.00 bits per heavy atom. The van der Waals surface area contributed by atoms with E-state index in [9.17, 15) is 4.79 Å². The number of benzene rings is 1. The fraction of sp³-hybridized carbons (Fsp3) is 0.533. The maximum Gasteiger partial charge on any atom is 0.220 e. The monoisotopic (exact) mass is 280 g/mol. The van der Waals surface area contributed by atoms with Gasteiger partial charge >= 0.3 is 0 Å². The zero-order valence-corrected chi connectivity index (χ0v) is 12.4. The van der Waals surface area contributed by atoms with Crippen LogP contribution in [-0.2, 0) is 11.2 Å². The first-order chi connectivity index (χ1) is 9.56. The molecule has 5 heteroatoms. The Hall–Kier alpha value is -1.75. The van der Waals surface area contributed by atoms with Crippen LogP contribution in [0.15, 0.2) is 18.2 Å². The summed E-state index contributed by atoms with van der Waals surface area (Å²) in [7, 11) is 3.20. The minimum Gasteiger partial charge on any atom is -0.493 e. The molecule has 0 heterocycles. The number of amides is 1. The second-order valence-corrected chi connectivity index (χ2v) is 4.81. The number of aryl methyl sites for hydroxylation is 1. The molecule has 0 saturated heterocycles. The molecule has 112 valence electrons. The molecule has 0 aromatic heterocycles. The minimum absolute atomic E-state index is 0.0421. The second kappa shape index (κ2) is 8.43. The lowest BCUT2D eigenvalue weighted by Crippen LogP contribution is -2.29. The molecule has 0 spiro atoms. The molecule has 0 aliphatic rings. The van der Waals surface area contributed by atoms with Crippen molar-refractivity contribution >= 4 is 5.91 Å². The largest absolute Gasteiger partial charge is 0.493 e. The number of nitrogens with two attached hydrogens (primary N) is 1. The lowest BCUT2D eigenvalue weighted by Gasteiger charge is -2.10. The van der Waals surface area contributed by atoms with Crippen LogP contribution >= 0.6 is 0 Å². The molecule has 1 unspecified atom stereocenters. The number of rotatable bonds is 8. The van der Waals surface area contributed by atoms with Gasteiger partial charge in [-0.3, -0.25) is 4.79 Å². The summed E-state index contributed by atoms with van der Waals surface area (Å²) in [5.74, 6) is 1.42. The zero-order chi connectivity index (χ0) is 15.0. The van der Waals surface area contributed by atoms with E-state index >= 15 is 0 Å². The molecule has 0 saturated carbocycles. The van der Waals surface area contributed by atoms with Crippen LogP contribution in [0.3, 0.4) is 0 Å². The summed E-state index contributed by atoms with van der Waals surface area (Å²) in [5.41, 5.74) is 6.67. The van der Waals surface area contributed by atoms with Gasteiger partial charge in [-0.1, -0.05) is 6.07 Å². The van der Waals surface area contributed by atoms with Gasteiger partial charge in [-0.2, -0.15) is 0 Å². The van der Waals surface area contributed by atoms with Gasteiger partial charge in [-0.05, 0) is 37.5 Å². The molecule has 1 atom stereocenters. The van der Waals surface area contributed by atoms with Crippen LogP contribution in [0, 0.1) is 0 Å². The average molecular weight is 280 g/mol. The van der Waals surface area contributed by atoms with Crippen molar-refractivity contribution in [1.82, 2.24) is 5.32 Å².